The minimum absolute atomic E-state index is 0.149. The van der Waals surface area contributed by atoms with E-state index in [1.807, 2.05) is 19.1 Å². The highest BCUT2D eigenvalue weighted by molar-refractivity contribution is 7.09. The summed E-state index contributed by atoms with van der Waals surface area (Å²) < 4.78 is 5.89. The van der Waals surface area contributed by atoms with Gasteiger partial charge in [-0.3, -0.25) is 0 Å². The summed E-state index contributed by atoms with van der Waals surface area (Å²) in [5.74, 6) is 0.950. The third kappa shape index (κ3) is 3.59. The molecule has 2 aromatic rings. The largest absolute Gasteiger partial charge is 0.488 e. The average Bonchev–Trinajstić information content (AvgIpc) is 2.80. The van der Waals surface area contributed by atoms with Crippen molar-refractivity contribution in [2.75, 3.05) is 0 Å². The second-order valence-electron chi connectivity index (χ2n) is 4.66. The smallest absolute Gasteiger partial charge is 0.123 e. The fourth-order valence-electron chi connectivity index (χ4n) is 1.90. The molecule has 1 atom stereocenters. The molecule has 0 saturated heterocycles. The zero-order valence-electron chi connectivity index (χ0n) is 10.8. The molecule has 0 saturated carbocycles. The van der Waals surface area contributed by atoms with Crippen LogP contribution in [0.15, 0.2) is 35.7 Å². The minimum Gasteiger partial charge on any atom is -0.488 e. The van der Waals surface area contributed by atoms with Gasteiger partial charge in [-0.05, 0) is 43.3 Å². The van der Waals surface area contributed by atoms with E-state index in [0.29, 0.717) is 6.61 Å². The van der Waals surface area contributed by atoms with Crippen molar-refractivity contribution in [3.05, 3.63) is 51.7 Å². The van der Waals surface area contributed by atoms with Crippen molar-refractivity contribution in [3.8, 4) is 5.75 Å². The predicted molar refractivity (Wildman–Crippen MR) is 77.2 cm³/mol. The minimum atomic E-state index is 0.149. The number of ether oxygens (including phenoxy) is 1. The first kappa shape index (κ1) is 13.1. The van der Waals surface area contributed by atoms with Crippen LogP contribution < -0.4 is 10.5 Å². The average molecular weight is 261 g/mol. The summed E-state index contributed by atoms with van der Waals surface area (Å²) in [4.78, 5) is 1.24. The van der Waals surface area contributed by atoms with Gasteiger partial charge in [0.15, 0.2) is 0 Å². The lowest BCUT2D eigenvalue weighted by Crippen LogP contribution is -2.18. The van der Waals surface area contributed by atoms with Crippen molar-refractivity contribution >= 4 is 11.3 Å². The Morgan fingerprint density at radius 2 is 2.17 bits per heavy atom. The maximum absolute atomic E-state index is 5.89. The standard InChI is InChI=1S/C15H19NOS/c1-11-5-6-15(13(8-11)9-12(2)16)17-10-14-4-3-7-18-14/h3-8,12H,9-10,16H2,1-2H3. The molecule has 96 valence electrons. The SMILES string of the molecule is Cc1ccc(OCc2cccs2)c(CC(C)N)c1. The number of rotatable bonds is 5. The van der Waals surface area contributed by atoms with E-state index in [1.54, 1.807) is 11.3 Å². The molecule has 0 radical (unpaired) electrons. The second-order valence-corrected chi connectivity index (χ2v) is 5.69. The van der Waals surface area contributed by atoms with Crippen molar-refractivity contribution in [1.29, 1.82) is 0 Å². The van der Waals surface area contributed by atoms with Crippen molar-refractivity contribution < 1.29 is 4.74 Å². The Balaban J connectivity index is 2.10. The molecule has 18 heavy (non-hydrogen) atoms. The van der Waals surface area contributed by atoms with Crippen molar-refractivity contribution in [2.45, 2.75) is 32.9 Å². The molecule has 0 aliphatic heterocycles. The van der Waals surface area contributed by atoms with E-state index in [-0.39, 0.29) is 6.04 Å². The molecule has 2 nitrogen and oxygen atoms in total. The van der Waals surface area contributed by atoms with Gasteiger partial charge in [0.2, 0.25) is 0 Å². The zero-order chi connectivity index (χ0) is 13.0. The molecule has 1 heterocycles. The maximum atomic E-state index is 5.89. The van der Waals surface area contributed by atoms with Crippen LogP contribution in [0, 0.1) is 6.92 Å². The van der Waals surface area contributed by atoms with Crippen molar-refractivity contribution in [2.24, 2.45) is 5.73 Å². The number of thiophene rings is 1. The Morgan fingerprint density at radius 1 is 1.33 bits per heavy atom. The fraction of sp³-hybridized carbons (Fsp3) is 0.333. The normalized spacial score (nSPS) is 12.4. The molecule has 2 N–H and O–H groups in total. The molecule has 1 aromatic carbocycles. The Bertz CT molecular complexity index is 491. The van der Waals surface area contributed by atoms with Crippen molar-refractivity contribution in [1.82, 2.24) is 0 Å². The topological polar surface area (TPSA) is 35.2 Å². The highest BCUT2D eigenvalue weighted by atomic mass is 32.1. The molecule has 0 aliphatic carbocycles. The van der Waals surface area contributed by atoms with Gasteiger partial charge >= 0.3 is 0 Å². The van der Waals surface area contributed by atoms with E-state index in [4.69, 9.17) is 10.5 Å². The number of benzene rings is 1. The van der Waals surface area contributed by atoms with Gasteiger partial charge in [-0.1, -0.05) is 23.8 Å². The molecule has 0 bridgehead atoms. The Labute approximate surface area is 112 Å². The number of hydrogen-bond acceptors (Lipinski definition) is 3. The number of hydrogen-bond donors (Lipinski definition) is 1. The van der Waals surface area contributed by atoms with Gasteiger partial charge in [0, 0.05) is 10.9 Å². The molecule has 0 spiro atoms. The predicted octanol–water partition coefficient (Wildman–Crippen LogP) is 3.53. The Hall–Kier alpha value is -1.32. The first-order chi connectivity index (χ1) is 8.65. The van der Waals surface area contributed by atoms with Gasteiger partial charge in [0.05, 0.1) is 0 Å². The second kappa shape index (κ2) is 6.03. The van der Waals surface area contributed by atoms with Crippen LogP contribution in [-0.4, -0.2) is 6.04 Å². The third-order valence-electron chi connectivity index (χ3n) is 2.71. The van der Waals surface area contributed by atoms with E-state index in [2.05, 4.69) is 30.5 Å². The van der Waals surface area contributed by atoms with Gasteiger partial charge in [-0.15, -0.1) is 11.3 Å². The van der Waals surface area contributed by atoms with Gasteiger partial charge in [0.25, 0.3) is 0 Å². The maximum Gasteiger partial charge on any atom is 0.123 e. The van der Waals surface area contributed by atoms with Crippen molar-refractivity contribution in [3.63, 3.8) is 0 Å². The summed E-state index contributed by atoms with van der Waals surface area (Å²) in [6.07, 6.45) is 0.849. The molecule has 0 fully saturated rings. The Kier molecular flexibility index (Phi) is 4.39. The van der Waals surface area contributed by atoms with E-state index in [1.165, 1.54) is 16.0 Å². The molecule has 3 heteroatoms. The van der Waals surface area contributed by atoms with Crippen LogP contribution in [0.2, 0.25) is 0 Å². The highest BCUT2D eigenvalue weighted by Crippen LogP contribution is 2.23. The molecular weight excluding hydrogens is 242 g/mol. The summed E-state index contributed by atoms with van der Waals surface area (Å²) >= 11 is 1.72. The Morgan fingerprint density at radius 3 is 2.83 bits per heavy atom. The van der Waals surface area contributed by atoms with Gasteiger partial charge in [-0.2, -0.15) is 0 Å². The summed E-state index contributed by atoms with van der Waals surface area (Å²) in [7, 11) is 0. The van der Waals surface area contributed by atoms with Crippen LogP contribution in [-0.2, 0) is 13.0 Å². The molecule has 1 aromatic heterocycles. The quantitative estimate of drug-likeness (QED) is 0.893. The zero-order valence-corrected chi connectivity index (χ0v) is 11.7. The summed E-state index contributed by atoms with van der Waals surface area (Å²) in [6.45, 7) is 4.74. The lowest BCUT2D eigenvalue weighted by Gasteiger charge is -2.13. The van der Waals surface area contributed by atoms with Crippen LogP contribution >= 0.6 is 11.3 Å². The summed E-state index contributed by atoms with van der Waals surface area (Å²) in [5, 5.41) is 2.07. The third-order valence-corrected chi connectivity index (χ3v) is 3.56. The van der Waals surface area contributed by atoms with E-state index < -0.39 is 0 Å². The van der Waals surface area contributed by atoms with E-state index >= 15 is 0 Å². The van der Waals surface area contributed by atoms with Crippen LogP contribution in [0.25, 0.3) is 0 Å². The number of aryl methyl sites for hydroxylation is 1. The molecular formula is C15H19NOS. The van der Waals surface area contributed by atoms with Crippen LogP contribution in [0.1, 0.15) is 22.9 Å². The fourth-order valence-corrected chi connectivity index (χ4v) is 2.52. The molecule has 2 rings (SSSR count). The van der Waals surface area contributed by atoms with Gasteiger partial charge in [0.1, 0.15) is 12.4 Å². The first-order valence-corrected chi connectivity index (χ1v) is 7.03. The van der Waals surface area contributed by atoms with Crippen LogP contribution in [0.3, 0.4) is 0 Å². The van der Waals surface area contributed by atoms with Gasteiger partial charge < -0.3 is 10.5 Å². The van der Waals surface area contributed by atoms with Gasteiger partial charge in [-0.25, -0.2) is 0 Å². The van der Waals surface area contributed by atoms with Crippen LogP contribution in [0.4, 0.5) is 0 Å². The first-order valence-electron chi connectivity index (χ1n) is 6.15. The number of nitrogens with two attached hydrogens (primary N) is 1. The molecule has 0 amide bonds. The monoisotopic (exact) mass is 261 g/mol. The highest BCUT2D eigenvalue weighted by Gasteiger charge is 2.07. The van der Waals surface area contributed by atoms with Crippen LogP contribution in [0.5, 0.6) is 5.75 Å². The molecule has 1 unspecified atom stereocenters. The lowest BCUT2D eigenvalue weighted by molar-refractivity contribution is 0.306. The lowest BCUT2D eigenvalue weighted by atomic mass is 10.0. The summed E-state index contributed by atoms with van der Waals surface area (Å²) in [6, 6.07) is 10.6. The summed E-state index contributed by atoms with van der Waals surface area (Å²) in [5.41, 5.74) is 8.32. The van der Waals surface area contributed by atoms with E-state index in [0.717, 1.165) is 12.2 Å². The molecule has 0 aliphatic rings. The van der Waals surface area contributed by atoms with E-state index in [9.17, 15) is 0 Å².